The number of carbonyl (C=O) groups is 1. The second-order valence-corrected chi connectivity index (χ2v) is 4.48. The Hall–Kier alpha value is -0.570. The first-order chi connectivity index (χ1) is 6.18. The summed E-state index contributed by atoms with van der Waals surface area (Å²) in [7, 11) is 0. The van der Waals surface area contributed by atoms with Crippen LogP contribution in [-0.4, -0.2) is 29.9 Å². The van der Waals surface area contributed by atoms with Gasteiger partial charge in [-0.3, -0.25) is 4.79 Å². The molecular weight excluding hydrogens is 164 g/mol. The number of amides is 1. The monoisotopic (exact) mass is 182 g/mol. The van der Waals surface area contributed by atoms with Crippen molar-refractivity contribution in [2.24, 2.45) is 17.6 Å². The summed E-state index contributed by atoms with van der Waals surface area (Å²) < 4.78 is 0. The Kier molecular flexibility index (Phi) is 2.28. The van der Waals surface area contributed by atoms with E-state index in [9.17, 15) is 4.79 Å². The van der Waals surface area contributed by atoms with Gasteiger partial charge in [0.2, 0.25) is 5.91 Å². The fraction of sp³-hybridized carbons (Fsp3) is 0.900. The second-order valence-electron chi connectivity index (χ2n) is 4.48. The summed E-state index contributed by atoms with van der Waals surface area (Å²) in [6, 6.07) is 0.320. The normalized spacial score (nSPS) is 34.8. The van der Waals surface area contributed by atoms with Gasteiger partial charge in [-0.1, -0.05) is 6.92 Å². The average molecular weight is 182 g/mol. The number of hydrogen-bond donors (Lipinski definition) is 1. The highest BCUT2D eigenvalue weighted by Gasteiger charge is 2.41. The summed E-state index contributed by atoms with van der Waals surface area (Å²) in [5.74, 6) is 1.34. The highest BCUT2D eigenvalue weighted by Crippen LogP contribution is 2.39. The van der Waals surface area contributed by atoms with Crippen molar-refractivity contribution in [2.75, 3.05) is 13.1 Å². The molecule has 1 saturated heterocycles. The quantitative estimate of drug-likeness (QED) is 0.645. The van der Waals surface area contributed by atoms with Gasteiger partial charge in [-0.25, -0.2) is 0 Å². The minimum Gasteiger partial charge on any atom is -0.342 e. The molecule has 2 unspecified atom stereocenters. The van der Waals surface area contributed by atoms with E-state index < -0.39 is 0 Å². The largest absolute Gasteiger partial charge is 0.342 e. The predicted molar refractivity (Wildman–Crippen MR) is 51.1 cm³/mol. The van der Waals surface area contributed by atoms with E-state index in [-0.39, 0.29) is 0 Å². The van der Waals surface area contributed by atoms with Crippen molar-refractivity contribution in [3.63, 3.8) is 0 Å². The number of nitrogens with zero attached hydrogens (tertiary/aromatic N) is 1. The summed E-state index contributed by atoms with van der Waals surface area (Å²) in [6.45, 7) is 3.91. The van der Waals surface area contributed by atoms with Gasteiger partial charge in [0.1, 0.15) is 0 Å². The van der Waals surface area contributed by atoms with Crippen LogP contribution in [-0.2, 0) is 4.79 Å². The lowest BCUT2D eigenvalue weighted by Gasteiger charge is -2.30. The third-order valence-corrected chi connectivity index (χ3v) is 3.28. The van der Waals surface area contributed by atoms with Crippen LogP contribution in [0, 0.1) is 11.8 Å². The minimum atomic E-state index is 0.320. The lowest BCUT2D eigenvalue weighted by molar-refractivity contribution is -0.133. The van der Waals surface area contributed by atoms with Crippen molar-refractivity contribution < 1.29 is 4.79 Å². The van der Waals surface area contributed by atoms with E-state index in [2.05, 4.69) is 6.92 Å². The van der Waals surface area contributed by atoms with Crippen molar-refractivity contribution in [3.05, 3.63) is 0 Å². The number of nitrogens with two attached hydrogens (primary N) is 1. The van der Waals surface area contributed by atoms with Crippen molar-refractivity contribution in [3.8, 4) is 0 Å². The molecule has 1 aliphatic carbocycles. The van der Waals surface area contributed by atoms with Crippen molar-refractivity contribution in [1.29, 1.82) is 0 Å². The van der Waals surface area contributed by atoms with Crippen molar-refractivity contribution in [1.82, 2.24) is 4.90 Å². The lowest BCUT2D eigenvalue weighted by Crippen LogP contribution is -2.43. The maximum Gasteiger partial charge on any atom is 0.225 e. The first kappa shape index (κ1) is 9.00. The number of carbonyl (C=O) groups excluding carboxylic acids is 1. The van der Waals surface area contributed by atoms with Crippen LogP contribution in [0.4, 0.5) is 0 Å². The molecule has 0 spiro atoms. The fourth-order valence-electron chi connectivity index (χ4n) is 2.02. The molecule has 1 heterocycles. The van der Waals surface area contributed by atoms with Gasteiger partial charge < -0.3 is 10.6 Å². The first-order valence-electron chi connectivity index (χ1n) is 5.23. The first-order valence-corrected chi connectivity index (χ1v) is 5.23. The molecule has 2 fully saturated rings. The van der Waals surface area contributed by atoms with E-state index in [0.717, 1.165) is 32.4 Å². The number of likely N-dealkylation sites (tertiary alicyclic amines) is 1. The van der Waals surface area contributed by atoms with Gasteiger partial charge in [0.15, 0.2) is 0 Å². The van der Waals surface area contributed by atoms with Crippen molar-refractivity contribution >= 4 is 5.91 Å². The molecule has 3 nitrogen and oxygen atoms in total. The highest BCUT2D eigenvalue weighted by molar-refractivity contribution is 5.81. The van der Waals surface area contributed by atoms with E-state index in [4.69, 9.17) is 5.73 Å². The van der Waals surface area contributed by atoms with Gasteiger partial charge in [-0.15, -0.1) is 0 Å². The molecule has 2 aliphatic rings. The molecular formula is C10H18N2O. The van der Waals surface area contributed by atoms with E-state index in [1.807, 2.05) is 4.90 Å². The topological polar surface area (TPSA) is 46.3 Å². The molecule has 2 atom stereocenters. The Morgan fingerprint density at radius 3 is 2.38 bits per heavy atom. The summed E-state index contributed by atoms with van der Waals surface area (Å²) in [5.41, 5.74) is 5.78. The van der Waals surface area contributed by atoms with Crippen LogP contribution in [0.25, 0.3) is 0 Å². The Labute approximate surface area is 79.3 Å². The van der Waals surface area contributed by atoms with Crippen LogP contribution < -0.4 is 5.73 Å². The van der Waals surface area contributed by atoms with Gasteiger partial charge in [0.05, 0.1) is 0 Å². The maximum atomic E-state index is 11.8. The third kappa shape index (κ3) is 1.85. The van der Waals surface area contributed by atoms with Crippen LogP contribution in [0.1, 0.15) is 26.2 Å². The van der Waals surface area contributed by atoms with Crippen LogP contribution in [0.15, 0.2) is 0 Å². The Balaban J connectivity index is 1.84. The Bertz CT molecular complexity index is 209. The standard InChI is InChI=1S/C10H18N2O/c1-7-6-9(7)10(13)12-4-2-8(11)3-5-12/h7-9H,2-6,11H2,1H3. The highest BCUT2D eigenvalue weighted by atomic mass is 16.2. The molecule has 2 N–H and O–H groups in total. The zero-order valence-corrected chi connectivity index (χ0v) is 8.20. The van der Waals surface area contributed by atoms with Gasteiger partial charge in [0.25, 0.3) is 0 Å². The van der Waals surface area contributed by atoms with Crippen LogP contribution >= 0.6 is 0 Å². The molecule has 0 radical (unpaired) electrons. The summed E-state index contributed by atoms with van der Waals surface area (Å²) in [6.07, 6.45) is 3.06. The number of rotatable bonds is 1. The molecule has 0 aromatic heterocycles. The minimum absolute atomic E-state index is 0.320. The zero-order valence-electron chi connectivity index (χ0n) is 8.20. The van der Waals surface area contributed by atoms with Crippen LogP contribution in [0.5, 0.6) is 0 Å². The summed E-state index contributed by atoms with van der Waals surface area (Å²) in [5, 5.41) is 0. The summed E-state index contributed by atoms with van der Waals surface area (Å²) >= 11 is 0. The molecule has 3 heteroatoms. The molecule has 0 bridgehead atoms. The molecule has 74 valence electrons. The van der Waals surface area contributed by atoms with E-state index >= 15 is 0 Å². The van der Waals surface area contributed by atoms with Crippen LogP contribution in [0.2, 0.25) is 0 Å². The Morgan fingerprint density at radius 1 is 1.38 bits per heavy atom. The molecule has 2 rings (SSSR count). The zero-order chi connectivity index (χ0) is 9.42. The van der Waals surface area contributed by atoms with Gasteiger partial charge in [-0.05, 0) is 25.2 Å². The van der Waals surface area contributed by atoms with Gasteiger partial charge >= 0.3 is 0 Å². The lowest BCUT2D eigenvalue weighted by atomic mass is 10.1. The van der Waals surface area contributed by atoms with Gasteiger partial charge in [0, 0.05) is 25.0 Å². The molecule has 13 heavy (non-hydrogen) atoms. The molecule has 0 aromatic carbocycles. The van der Waals surface area contributed by atoms with E-state index in [1.165, 1.54) is 0 Å². The molecule has 1 amide bonds. The van der Waals surface area contributed by atoms with Crippen LogP contribution in [0.3, 0.4) is 0 Å². The smallest absolute Gasteiger partial charge is 0.225 e. The molecule has 1 aliphatic heterocycles. The fourth-order valence-corrected chi connectivity index (χ4v) is 2.02. The molecule has 0 aromatic rings. The number of piperidine rings is 1. The maximum absolute atomic E-state index is 11.8. The Morgan fingerprint density at radius 2 is 1.92 bits per heavy atom. The average Bonchev–Trinajstić information content (AvgIpc) is 2.83. The SMILES string of the molecule is CC1CC1C(=O)N1CCC(N)CC1. The van der Waals surface area contributed by atoms with E-state index in [1.54, 1.807) is 0 Å². The predicted octanol–water partition coefficient (Wildman–Crippen LogP) is 0.592. The third-order valence-electron chi connectivity index (χ3n) is 3.28. The summed E-state index contributed by atoms with van der Waals surface area (Å²) in [4.78, 5) is 13.8. The molecule has 1 saturated carbocycles. The van der Waals surface area contributed by atoms with Crippen molar-refractivity contribution in [2.45, 2.75) is 32.2 Å². The second kappa shape index (κ2) is 3.29. The van der Waals surface area contributed by atoms with E-state index in [0.29, 0.717) is 23.8 Å². The number of hydrogen-bond acceptors (Lipinski definition) is 2. The van der Waals surface area contributed by atoms with Gasteiger partial charge in [-0.2, -0.15) is 0 Å².